The molecule has 1 saturated carbocycles. The molecule has 1 aliphatic carbocycles. The van der Waals surface area contributed by atoms with Gasteiger partial charge >= 0.3 is 0 Å². The zero-order chi connectivity index (χ0) is 12.1. The third-order valence-electron chi connectivity index (χ3n) is 3.61. The number of hydrogen-bond donors (Lipinski definition) is 0. The summed E-state index contributed by atoms with van der Waals surface area (Å²) in [6.07, 6.45) is 6.44. The summed E-state index contributed by atoms with van der Waals surface area (Å²) >= 11 is 1.64. The summed E-state index contributed by atoms with van der Waals surface area (Å²) in [5, 5.41) is 4.07. The van der Waals surface area contributed by atoms with Crippen molar-refractivity contribution in [1.82, 2.24) is 0 Å². The van der Waals surface area contributed by atoms with Crippen LogP contribution in [0.25, 0.3) is 0 Å². The van der Waals surface area contributed by atoms with Crippen molar-refractivity contribution in [2.75, 3.05) is 7.11 Å². The van der Waals surface area contributed by atoms with Crippen molar-refractivity contribution in [1.29, 1.82) is 0 Å². The molecule has 1 aromatic rings. The van der Waals surface area contributed by atoms with E-state index in [0.717, 1.165) is 18.4 Å². The maximum absolute atomic E-state index is 12.2. The number of thiophene rings is 1. The molecule has 94 valence electrons. The van der Waals surface area contributed by atoms with E-state index in [2.05, 4.69) is 0 Å². The zero-order valence-electron chi connectivity index (χ0n) is 10.4. The number of ketones is 1. The van der Waals surface area contributed by atoms with Gasteiger partial charge in [0, 0.05) is 13.5 Å². The van der Waals surface area contributed by atoms with Gasteiger partial charge in [-0.15, -0.1) is 0 Å². The molecule has 2 rings (SSSR count). The van der Waals surface area contributed by atoms with Gasteiger partial charge in [0.25, 0.3) is 0 Å². The van der Waals surface area contributed by atoms with Gasteiger partial charge in [0.1, 0.15) is 6.10 Å². The molecule has 0 saturated heterocycles. The summed E-state index contributed by atoms with van der Waals surface area (Å²) in [7, 11) is 1.67. The Bertz CT molecular complexity index is 339. The Morgan fingerprint density at radius 2 is 2.24 bits per heavy atom. The average molecular weight is 252 g/mol. The molecule has 17 heavy (non-hydrogen) atoms. The van der Waals surface area contributed by atoms with Crippen molar-refractivity contribution in [2.45, 2.75) is 44.6 Å². The molecule has 1 aliphatic rings. The Morgan fingerprint density at radius 3 is 2.82 bits per heavy atom. The van der Waals surface area contributed by atoms with Gasteiger partial charge in [-0.05, 0) is 41.1 Å². The first-order valence-corrected chi connectivity index (χ1v) is 7.32. The molecular formula is C14H20O2S. The van der Waals surface area contributed by atoms with Crippen molar-refractivity contribution in [2.24, 2.45) is 5.92 Å². The molecule has 0 bridgehead atoms. The summed E-state index contributed by atoms with van der Waals surface area (Å²) in [4.78, 5) is 12.2. The van der Waals surface area contributed by atoms with E-state index in [1.807, 2.05) is 16.8 Å². The Kier molecular flexibility index (Phi) is 4.75. The first-order valence-electron chi connectivity index (χ1n) is 6.38. The summed E-state index contributed by atoms with van der Waals surface area (Å²) in [5.74, 6) is 0.692. The number of hydrogen-bond acceptors (Lipinski definition) is 3. The number of ether oxygens (including phenoxy) is 1. The van der Waals surface area contributed by atoms with Crippen molar-refractivity contribution < 1.29 is 9.53 Å². The molecule has 0 amide bonds. The fraction of sp³-hybridized carbons (Fsp3) is 0.643. The lowest BCUT2D eigenvalue weighted by atomic mass is 9.83. The Hall–Kier alpha value is -0.670. The number of methoxy groups -OCH3 is 1. The molecule has 2 nitrogen and oxygen atoms in total. The fourth-order valence-electron chi connectivity index (χ4n) is 2.72. The van der Waals surface area contributed by atoms with Crippen molar-refractivity contribution in [3.05, 3.63) is 22.4 Å². The van der Waals surface area contributed by atoms with Gasteiger partial charge in [-0.1, -0.05) is 19.3 Å². The summed E-state index contributed by atoms with van der Waals surface area (Å²) in [5.41, 5.74) is 1.12. The standard InChI is InChI=1S/C14H20O2S/c1-16-14(12-5-3-2-4-6-12)13(15)9-11-7-8-17-10-11/h7-8,10,12,14H,2-6,9H2,1H3. The van der Waals surface area contributed by atoms with Crippen LogP contribution >= 0.6 is 11.3 Å². The number of carbonyl (C=O) groups is 1. The second-order valence-electron chi connectivity index (χ2n) is 4.83. The van der Waals surface area contributed by atoms with Crippen LogP contribution in [0.3, 0.4) is 0 Å². The molecule has 1 aromatic heterocycles. The third-order valence-corrected chi connectivity index (χ3v) is 4.34. The van der Waals surface area contributed by atoms with E-state index in [1.54, 1.807) is 18.4 Å². The second kappa shape index (κ2) is 6.31. The number of Topliss-reactive ketones (excluding diaryl/α,β-unsaturated/α-hetero) is 1. The SMILES string of the molecule is COC(C(=O)Cc1ccsc1)C1CCCCC1. The van der Waals surface area contributed by atoms with Gasteiger partial charge in [0.05, 0.1) is 0 Å². The van der Waals surface area contributed by atoms with Crippen LogP contribution < -0.4 is 0 Å². The summed E-state index contributed by atoms with van der Waals surface area (Å²) in [6.45, 7) is 0. The predicted octanol–water partition coefficient (Wildman–Crippen LogP) is 3.46. The van der Waals surface area contributed by atoms with Crippen LogP contribution in [0.2, 0.25) is 0 Å². The van der Waals surface area contributed by atoms with Crippen molar-refractivity contribution in [3.63, 3.8) is 0 Å². The minimum Gasteiger partial charge on any atom is -0.373 e. The molecule has 1 fully saturated rings. The van der Waals surface area contributed by atoms with Crippen LogP contribution in [-0.4, -0.2) is 19.0 Å². The van der Waals surface area contributed by atoms with Crippen LogP contribution in [-0.2, 0) is 16.0 Å². The lowest BCUT2D eigenvalue weighted by Gasteiger charge is -2.28. The molecule has 0 aliphatic heterocycles. The Morgan fingerprint density at radius 1 is 1.47 bits per heavy atom. The van der Waals surface area contributed by atoms with Crippen molar-refractivity contribution in [3.8, 4) is 0 Å². The predicted molar refractivity (Wildman–Crippen MR) is 70.4 cm³/mol. The maximum atomic E-state index is 12.2. The van der Waals surface area contributed by atoms with Gasteiger partial charge < -0.3 is 4.74 Å². The number of rotatable bonds is 5. The highest BCUT2D eigenvalue weighted by atomic mass is 32.1. The van der Waals surface area contributed by atoms with Crippen LogP contribution in [0.5, 0.6) is 0 Å². The first kappa shape index (κ1) is 12.8. The molecule has 0 spiro atoms. The van der Waals surface area contributed by atoms with Crippen LogP contribution in [0.1, 0.15) is 37.7 Å². The van der Waals surface area contributed by atoms with Crippen LogP contribution in [0.15, 0.2) is 16.8 Å². The van der Waals surface area contributed by atoms with Gasteiger partial charge in [-0.25, -0.2) is 0 Å². The van der Waals surface area contributed by atoms with E-state index in [9.17, 15) is 4.79 Å². The van der Waals surface area contributed by atoms with E-state index in [-0.39, 0.29) is 11.9 Å². The molecule has 1 atom stereocenters. The Labute approximate surface area is 107 Å². The second-order valence-corrected chi connectivity index (χ2v) is 5.61. The zero-order valence-corrected chi connectivity index (χ0v) is 11.2. The van der Waals surface area contributed by atoms with E-state index in [0.29, 0.717) is 12.3 Å². The highest BCUT2D eigenvalue weighted by molar-refractivity contribution is 7.07. The van der Waals surface area contributed by atoms with E-state index in [1.165, 1.54) is 19.3 Å². The lowest BCUT2D eigenvalue weighted by Crippen LogP contribution is -2.34. The molecule has 1 heterocycles. The minimum atomic E-state index is -0.185. The van der Waals surface area contributed by atoms with E-state index >= 15 is 0 Å². The van der Waals surface area contributed by atoms with Gasteiger partial charge in [-0.3, -0.25) is 4.79 Å². The molecule has 0 aromatic carbocycles. The first-order chi connectivity index (χ1) is 8.31. The minimum absolute atomic E-state index is 0.185. The highest BCUT2D eigenvalue weighted by Crippen LogP contribution is 2.28. The highest BCUT2D eigenvalue weighted by Gasteiger charge is 2.29. The topological polar surface area (TPSA) is 26.3 Å². The quantitative estimate of drug-likeness (QED) is 0.802. The monoisotopic (exact) mass is 252 g/mol. The average Bonchev–Trinajstić information content (AvgIpc) is 2.84. The smallest absolute Gasteiger partial charge is 0.166 e. The number of carbonyl (C=O) groups excluding carboxylic acids is 1. The van der Waals surface area contributed by atoms with E-state index in [4.69, 9.17) is 4.74 Å². The van der Waals surface area contributed by atoms with Gasteiger partial charge in [0.15, 0.2) is 5.78 Å². The maximum Gasteiger partial charge on any atom is 0.166 e. The normalized spacial score (nSPS) is 19.1. The van der Waals surface area contributed by atoms with Crippen molar-refractivity contribution >= 4 is 17.1 Å². The Balaban J connectivity index is 1.94. The van der Waals surface area contributed by atoms with Crippen LogP contribution in [0, 0.1) is 5.92 Å². The molecule has 3 heteroatoms. The summed E-state index contributed by atoms with van der Waals surface area (Å²) in [6, 6.07) is 2.02. The molecule has 1 unspecified atom stereocenters. The van der Waals surface area contributed by atoms with Crippen LogP contribution in [0.4, 0.5) is 0 Å². The molecule has 0 N–H and O–H groups in total. The molecule has 0 radical (unpaired) electrons. The summed E-state index contributed by atoms with van der Waals surface area (Å²) < 4.78 is 5.45. The van der Waals surface area contributed by atoms with Gasteiger partial charge in [-0.2, -0.15) is 11.3 Å². The lowest BCUT2D eigenvalue weighted by molar-refractivity contribution is -0.132. The largest absolute Gasteiger partial charge is 0.373 e. The van der Waals surface area contributed by atoms with Gasteiger partial charge in [0.2, 0.25) is 0 Å². The third kappa shape index (κ3) is 3.39. The van der Waals surface area contributed by atoms with E-state index < -0.39 is 0 Å². The fourth-order valence-corrected chi connectivity index (χ4v) is 3.39. The molecular weight excluding hydrogens is 232 g/mol.